The van der Waals surface area contributed by atoms with Crippen molar-refractivity contribution in [2.45, 2.75) is 45.8 Å². The van der Waals surface area contributed by atoms with Gasteiger partial charge in [0.2, 0.25) is 5.88 Å². The van der Waals surface area contributed by atoms with Crippen molar-refractivity contribution in [3.8, 4) is 17.0 Å². The van der Waals surface area contributed by atoms with Gasteiger partial charge in [-0.05, 0) is 75.2 Å². The average molecular weight is 487 g/mol. The molecule has 0 radical (unpaired) electrons. The van der Waals surface area contributed by atoms with Crippen LogP contribution >= 0.6 is 0 Å². The second kappa shape index (κ2) is 11.3. The number of amides is 1. The van der Waals surface area contributed by atoms with Gasteiger partial charge in [-0.25, -0.2) is 9.98 Å². The molecule has 8 heteroatoms. The maximum atomic E-state index is 13.0. The van der Waals surface area contributed by atoms with Gasteiger partial charge in [0.05, 0.1) is 6.20 Å². The van der Waals surface area contributed by atoms with Gasteiger partial charge in [0.25, 0.3) is 5.91 Å². The van der Waals surface area contributed by atoms with E-state index < -0.39 is 0 Å². The van der Waals surface area contributed by atoms with Gasteiger partial charge in [0.1, 0.15) is 11.9 Å². The standard InChI is InChI=1S/C28H34N6O2/c1-19(2)34-12-9-25(10-13-34)36-27-16-22(8-11-30-27)28(35)32-26(29-4)15-23-14-21(7-6-20(23)3)24-17-31-33(5)18-24/h6-8,11,14-19,25H,4,9-10,12-13H2,1-3,5H3,(H,32,35)/b26-15+. The molecule has 1 N–H and O–H groups in total. The molecule has 0 saturated carbocycles. The number of likely N-dealkylation sites (tertiary alicyclic amines) is 1. The highest BCUT2D eigenvalue weighted by Crippen LogP contribution is 2.24. The normalized spacial score (nSPS) is 15.2. The molecule has 3 aromatic rings. The monoisotopic (exact) mass is 486 g/mol. The van der Waals surface area contributed by atoms with Crippen LogP contribution in [-0.2, 0) is 7.05 Å². The van der Waals surface area contributed by atoms with E-state index in [9.17, 15) is 4.79 Å². The SMILES string of the molecule is C=N/C(=C\c1cc(-c2cnn(C)c2)ccc1C)NC(=O)c1ccnc(OC2CCN(C(C)C)CC2)c1. The van der Waals surface area contributed by atoms with Gasteiger partial charge in [-0.1, -0.05) is 12.1 Å². The lowest BCUT2D eigenvalue weighted by atomic mass is 10.0. The fourth-order valence-electron chi connectivity index (χ4n) is 4.30. The molecule has 2 aromatic heterocycles. The van der Waals surface area contributed by atoms with Crippen molar-refractivity contribution >= 4 is 18.7 Å². The van der Waals surface area contributed by atoms with Crippen LogP contribution in [0, 0.1) is 6.92 Å². The molecular weight excluding hydrogens is 452 g/mol. The molecule has 0 unspecified atom stereocenters. The Balaban J connectivity index is 1.45. The summed E-state index contributed by atoms with van der Waals surface area (Å²) in [6.07, 6.45) is 9.20. The molecule has 0 bridgehead atoms. The molecule has 8 nitrogen and oxygen atoms in total. The minimum atomic E-state index is -0.295. The topological polar surface area (TPSA) is 84.6 Å². The maximum absolute atomic E-state index is 13.0. The van der Waals surface area contributed by atoms with Crippen molar-refractivity contribution in [2.24, 2.45) is 12.0 Å². The Morgan fingerprint density at radius 1 is 1.22 bits per heavy atom. The Morgan fingerprint density at radius 2 is 2.00 bits per heavy atom. The van der Waals surface area contributed by atoms with E-state index in [0.717, 1.165) is 48.2 Å². The summed E-state index contributed by atoms with van der Waals surface area (Å²) in [5.41, 5.74) is 4.50. The van der Waals surface area contributed by atoms with Crippen LogP contribution in [0.15, 0.2) is 59.7 Å². The zero-order chi connectivity index (χ0) is 25.7. The second-order valence-corrected chi connectivity index (χ2v) is 9.45. The predicted molar refractivity (Wildman–Crippen MR) is 143 cm³/mol. The number of rotatable bonds is 8. The Kier molecular flexibility index (Phi) is 7.95. The Bertz CT molecular complexity index is 1250. The minimum absolute atomic E-state index is 0.103. The number of ether oxygens (including phenoxy) is 1. The first-order valence-corrected chi connectivity index (χ1v) is 12.3. The van der Waals surface area contributed by atoms with Gasteiger partial charge in [-0.2, -0.15) is 5.10 Å². The zero-order valence-corrected chi connectivity index (χ0v) is 21.4. The van der Waals surface area contributed by atoms with Crippen LogP contribution in [-0.4, -0.2) is 57.5 Å². The van der Waals surface area contributed by atoms with Crippen molar-refractivity contribution in [1.82, 2.24) is 25.0 Å². The van der Waals surface area contributed by atoms with Crippen LogP contribution in [0.5, 0.6) is 5.88 Å². The van der Waals surface area contributed by atoms with Crippen LogP contribution in [0.2, 0.25) is 0 Å². The van der Waals surface area contributed by atoms with E-state index in [1.165, 1.54) is 0 Å². The molecule has 4 rings (SSSR count). The third-order valence-corrected chi connectivity index (χ3v) is 6.51. The number of aryl methyl sites for hydroxylation is 2. The van der Waals surface area contributed by atoms with E-state index in [1.54, 1.807) is 23.0 Å². The third kappa shape index (κ3) is 6.26. The molecule has 1 aliphatic rings. The van der Waals surface area contributed by atoms with E-state index in [-0.39, 0.29) is 12.0 Å². The molecule has 1 aromatic carbocycles. The Labute approximate surface area is 212 Å². The number of piperidine rings is 1. The van der Waals surface area contributed by atoms with Crippen LogP contribution in [0.4, 0.5) is 0 Å². The molecule has 1 fully saturated rings. The molecule has 0 spiro atoms. The number of hydrogen-bond donors (Lipinski definition) is 1. The third-order valence-electron chi connectivity index (χ3n) is 6.51. The quantitative estimate of drug-likeness (QED) is 0.475. The van der Waals surface area contributed by atoms with Crippen molar-refractivity contribution in [2.75, 3.05) is 13.1 Å². The van der Waals surface area contributed by atoms with Gasteiger partial charge < -0.3 is 15.0 Å². The first-order chi connectivity index (χ1) is 17.3. The second-order valence-electron chi connectivity index (χ2n) is 9.45. The van der Waals surface area contributed by atoms with E-state index in [1.807, 2.05) is 44.6 Å². The predicted octanol–water partition coefficient (Wildman–Crippen LogP) is 4.47. The van der Waals surface area contributed by atoms with Gasteiger partial charge in [0, 0.05) is 55.8 Å². The molecule has 36 heavy (non-hydrogen) atoms. The van der Waals surface area contributed by atoms with Gasteiger partial charge in [0.15, 0.2) is 0 Å². The highest BCUT2D eigenvalue weighted by atomic mass is 16.5. The summed E-state index contributed by atoms with van der Waals surface area (Å²) in [5, 5.41) is 7.11. The first kappa shape index (κ1) is 25.3. The Morgan fingerprint density at radius 3 is 2.67 bits per heavy atom. The summed E-state index contributed by atoms with van der Waals surface area (Å²) in [5.74, 6) is 0.533. The minimum Gasteiger partial charge on any atom is -0.474 e. The molecule has 1 aliphatic heterocycles. The van der Waals surface area contributed by atoms with Gasteiger partial charge >= 0.3 is 0 Å². The molecule has 188 valence electrons. The smallest absolute Gasteiger partial charge is 0.257 e. The first-order valence-electron chi connectivity index (χ1n) is 12.3. The number of pyridine rings is 1. The molecule has 3 heterocycles. The van der Waals surface area contributed by atoms with Crippen LogP contribution < -0.4 is 10.1 Å². The molecular formula is C28H34N6O2. The van der Waals surface area contributed by atoms with Crippen molar-refractivity contribution in [1.29, 1.82) is 0 Å². The van der Waals surface area contributed by atoms with E-state index in [2.05, 4.69) is 51.9 Å². The van der Waals surface area contributed by atoms with Crippen molar-refractivity contribution < 1.29 is 9.53 Å². The van der Waals surface area contributed by atoms with Crippen molar-refractivity contribution in [3.63, 3.8) is 0 Å². The summed E-state index contributed by atoms with van der Waals surface area (Å²) in [6, 6.07) is 10.0. The van der Waals surface area contributed by atoms with E-state index >= 15 is 0 Å². The summed E-state index contributed by atoms with van der Waals surface area (Å²) < 4.78 is 7.87. The van der Waals surface area contributed by atoms with Crippen molar-refractivity contribution in [3.05, 3.63) is 71.4 Å². The highest BCUT2D eigenvalue weighted by Gasteiger charge is 2.22. The van der Waals surface area contributed by atoms with Crippen LogP contribution in [0.25, 0.3) is 17.2 Å². The number of nitrogens with one attached hydrogen (secondary N) is 1. The van der Waals surface area contributed by atoms with Gasteiger partial charge in [-0.3, -0.25) is 9.48 Å². The van der Waals surface area contributed by atoms with E-state index in [4.69, 9.17) is 4.74 Å². The van der Waals surface area contributed by atoms with Gasteiger partial charge in [-0.15, -0.1) is 0 Å². The molecule has 0 atom stereocenters. The summed E-state index contributed by atoms with van der Waals surface area (Å²) >= 11 is 0. The lowest BCUT2D eigenvalue weighted by Crippen LogP contribution is -2.41. The maximum Gasteiger partial charge on any atom is 0.257 e. The summed E-state index contributed by atoms with van der Waals surface area (Å²) in [4.78, 5) is 23.8. The fraction of sp³-hybridized carbons (Fsp3) is 0.357. The molecule has 0 aliphatic carbocycles. The van der Waals surface area contributed by atoms with Crippen LogP contribution in [0.1, 0.15) is 48.2 Å². The number of benzene rings is 1. The molecule has 1 saturated heterocycles. The summed E-state index contributed by atoms with van der Waals surface area (Å²) in [7, 11) is 1.89. The number of hydrogen-bond acceptors (Lipinski definition) is 6. The lowest BCUT2D eigenvalue weighted by molar-refractivity contribution is 0.0809. The fourth-order valence-corrected chi connectivity index (χ4v) is 4.30. The lowest BCUT2D eigenvalue weighted by Gasteiger charge is -2.34. The number of aliphatic imine (C=N–C) groups is 1. The largest absolute Gasteiger partial charge is 0.474 e. The molecule has 1 amide bonds. The highest BCUT2D eigenvalue weighted by molar-refractivity contribution is 5.96. The number of nitrogens with zero attached hydrogens (tertiary/aromatic N) is 5. The number of carbonyl (C=O) groups excluding carboxylic acids is 1. The zero-order valence-electron chi connectivity index (χ0n) is 21.4. The van der Waals surface area contributed by atoms with Crippen LogP contribution in [0.3, 0.4) is 0 Å². The number of carbonyl (C=O) groups is 1. The number of aromatic nitrogens is 3. The average Bonchev–Trinajstić information content (AvgIpc) is 3.31. The Hall–Kier alpha value is -3.78. The van der Waals surface area contributed by atoms with E-state index in [0.29, 0.717) is 23.3 Å². The summed E-state index contributed by atoms with van der Waals surface area (Å²) in [6.45, 7) is 12.1.